The van der Waals surface area contributed by atoms with Gasteiger partial charge in [0.1, 0.15) is 5.69 Å². The molecule has 2 fully saturated rings. The molecule has 6 heteroatoms. The Bertz CT molecular complexity index is 914. The largest absolute Gasteiger partial charge is 0.338 e. The maximum Gasteiger partial charge on any atom is 0.272 e. The topological polar surface area (TPSA) is 56.8 Å². The fraction of sp³-hybridized carbons (Fsp3) is 0.435. The van der Waals surface area contributed by atoms with Crippen LogP contribution in [0.25, 0.3) is 0 Å². The highest BCUT2D eigenvalue weighted by Gasteiger charge is 2.54. The second-order valence-electron chi connectivity index (χ2n) is 8.70. The number of pyridine rings is 1. The Morgan fingerprint density at radius 3 is 2.31 bits per heavy atom. The van der Waals surface area contributed by atoms with Crippen LogP contribution in [0, 0.1) is 18.3 Å². The van der Waals surface area contributed by atoms with E-state index in [4.69, 9.17) is 0 Å². The number of carbonyl (C=O) groups excluding carboxylic acids is 2. The lowest BCUT2D eigenvalue weighted by molar-refractivity contribution is 0.0698. The molecular weight excluding hydrogens is 364 g/mol. The van der Waals surface area contributed by atoms with Gasteiger partial charge < -0.3 is 14.7 Å². The van der Waals surface area contributed by atoms with E-state index in [0.29, 0.717) is 31.9 Å². The molecule has 0 unspecified atom stereocenters. The molecule has 29 heavy (non-hydrogen) atoms. The molecule has 1 aromatic carbocycles. The number of hydrogen-bond donors (Lipinski definition) is 0. The zero-order chi connectivity index (χ0) is 20.6. The van der Waals surface area contributed by atoms with Crippen molar-refractivity contribution in [2.75, 3.05) is 46.8 Å². The summed E-state index contributed by atoms with van der Waals surface area (Å²) in [4.78, 5) is 36.5. The molecule has 0 radical (unpaired) electrons. The lowest BCUT2D eigenvalue weighted by Gasteiger charge is -2.32. The van der Waals surface area contributed by atoms with E-state index in [1.54, 1.807) is 6.20 Å². The lowest BCUT2D eigenvalue weighted by atomic mass is 9.80. The van der Waals surface area contributed by atoms with Crippen molar-refractivity contribution in [3.8, 4) is 0 Å². The number of carbonyl (C=O) groups is 2. The molecule has 6 nitrogen and oxygen atoms in total. The SMILES string of the molecule is Cc1cccnc1C(=O)N1C[C@H]2CN(C(=O)c3ccccc3)C[C@@]2(CN(C)C)C1. The van der Waals surface area contributed by atoms with E-state index in [0.717, 1.165) is 17.7 Å². The lowest BCUT2D eigenvalue weighted by Crippen LogP contribution is -2.44. The van der Waals surface area contributed by atoms with Gasteiger partial charge in [0, 0.05) is 55.8 Å². The van der Waals surface area contributed by atoms with Gasteiger partial charge in [0.2, 0.25) is 0 Å². The molecule has 2 saturated heterocycles. The molecule has 0 spiro atoms. The zero-order valence-electron chi connectivity index (χ0n) is 17.3. The third kappa shape index (κ3) is 3.65. The summed E-state index contributed by atoms with van der Waals surface area (Å²) in [5, 5.41) is 0. The Morgan fingerprint density at radius 2 is 1.69 bits per heavy atom. The molecule has 2 aromatic rings. The van der Waals surface area contributed by atoms with Gasteiger partial charge in [-0.15, -0.1) is 0 Å². The van der Waals surface area contributed by atoms with Crippen LogP contribution in [0.3, 0.4) is 0 Å². The van der Waals surface area contributed by atoms with E-state index >= 15 is 0 Å². The van der Waals surface area contributed by atoms with Crippen LogP contribution >= 0.6 is 0 Å². The molecule has 0 N–H and O–H groups in total. The van der Waals surface area contributed by atoms with Crippen LogP contribution < -0.4 is 0 Å². The number of likely N-dealkylation sites (tertiary alicyclic amines) is 2. The Labute approximate surface area is 172 Å². The smallest absolute Gasteiger partial charge is 0.272 e. The van der Waals surface area contributed by atoms with Gasteiger partial charge in [-0.1, -0.05) is 24.3 Å². The van der Waals surface area contributed by atoms with E-state index < -0.39 is 0 Å². The van der Waals surface area contributed by atoms with Crippen molar-refractivity contribution >= 4 is 11.8 Å². The van der Waals surface area contributed by atoms with Crippen LogP contribution in [0.5, 0.6) is 0 Å². The molecule has 3 heterocycles. The van der Waals surface area contributed by atoms with Crippen LogP contribution in [0.4, 0.5) is 0 Å². The van der Waals surface area contributed by atoms with Gasteiger partial charge in [0.25, 0.3) is 11.8 Å². The van der Waals surface area contributed by atoms with Crippen molar-refractivity contribution in [2.45, 2.75) is 6.92 Å². The molecule has 0 saturated carbocycles. The van der Waals surface area contributed by atoms with Crippen LogP contribution in [-0.2, 0) is 0 Å². The van der Waals surface area contributed by atoms with Gasteiger partial charge in [-0.25, -0.2) is 0 Å². The molecule has 2 amide bonds. The fourth-order valence-electron chi connectivity index (χ4n) is 4.97. The van der Waals surface area contributed by atoms with E-state index in [1.807, 2.05) is 59.2 Å². The third-order valence-electron chi connectivity index (χ3n) is 6.20. The van der Waals surface area contributed by atoms with Gasteiger partial charge in [-0.3, -0.25) is 14.6 Å². The minimum atomic E-state index is -0.105. The summed E-state index contributed by atoms with van der Waals surface area (Å²) in [5.74, 6) is 0.346. The number of benzene rings is 1. The number of rotatable bonds is 4. The Balaban J connectivity index is 1.55. The van der Waals surface area contributed by atoms with Crippen LogP contribution in [0.2, 0.25) is 0 Å². The molecule has 0 aliphatic carbocycles. The summed E-state index contributed by atoms with van der Waals surface area (Å²) in [6, 6.07) is 13.2. The average Bonchev–Trinajstić information content (AvgIpc) is 3.21. The number of aromatic nitrogens is 1. The second kappa shape index (κ2) is 7.59. The van der Waals surface area contributed by atoms with E-state index in [2.05, 4.69) is 24.0 Å². The highest BCUT2D eigenvalue weighted by atomic mass is 16.2. The van der Waals surface area contributed by atoms with Gasteiger partial charge in [-0.2, -0.15) is 0 Å². The molecule has 1 aromatic heterocycles. The molecule has 0 bridgehead atoms. The molecular formula is C23H28N4O2. The minimum Gasteiger partial charge on any atom is -0.338 e. The van der Waals surface area contributed by atoms with E-state index in [1.165, 1.54) is 0 Å². The van der Waals surface area contributed by atoms with Gasteiger partial charge >= 0.3 is 0 Å². The van der Waals surface area contributed by atoms with Crippen molar-refractivity contribution in [1.29, 1.82) is 0 Å². The number of fused-ring (bicyclic) bond motifs is 1. The van der Waals surface area contributed by atoms with Crippen molar-refractivity contribution in [1.82, 2.24) is 19.7 Å². The average molecular weight is 393 g/mol. The second-order valence-corrected chi connectivity index (χ2v) is 8.70. The predicted molar refractivity (Wildman–Crippen MR) is 112 cm³/mol. The molecule has 4 rings (SSSR count). The van der Waals surface area contributed by atoms with E-state index in [9.17, 15) is 9.59 Å². The first kappa shape index (κ1) is 19.6. The number of amides is 2. The van der Waals surface area contributed by atoms with Crippen LogP contribution in [0.15, 0.2) is 48.7 Å². The summed E-state index contributed by atoms with van der Waals surface area (Å²) >= 11 is 0. The third-order valence-corrected chi connectivity index (χ3v) is 6.20. The first-order valence-corrected chi connectivity index (χ1v) is 10.1. The molecule has 2 atom stereocenters. The van der Waals surface area contributed by atoms with Crippen molar-refractivity contribution in [3.05, 3.63) is 65.5 Å². The predicted octanol–water partition coefficient (Wildman–Crippen LogP) is 2.17. The number of hydrogen-bond acceptors (Lipinski definition) is 4. The zero-order valence-corrected chi connectivity index (χ0v) is 17.3. The van der Waals surface area contributed by atoms with Crippen molar-refractivity contribution in [3.63, 3.8) is 0 Å². The van der Waals surface area contributed by atoms with Crippen LogP contribution in [0.1, 0.15) is 26.4 Å². The Hall–Kier alpha value is -2.73. The summed E-state index contributed by atoms with van der Waals surface area (Å²) < 4.78 is 0. The minimum absolute atomic E-state index is 0.00318. The molecule has 2 aliphatic rings. The summed E-state index contributed by atoms with van der Waals surface area (Å²) in [6.07, 6.45) is 1.67. The molecule has 152 valence electrons. The normalized spacial score (nSPS) is 23.5. The first-order chi connectivity index (χ1) is 13.9. The monoisotopic (exact) mass is 392 g/mol. The molecule has 2 aliphatic heterocycles. The summed E-state index contributed by atoms with van der Waals surface area (Å²) in [5.41, 5.74) is 2.05. The Morgan fingerprint density at radius 1 is 1.03 bits per heavy atom. The Kier molecular flexibility index (Phi) is 5.13. The fourth-order valence-corrected chi connectivity index (χ4v) is 4.97. The van der Waals surface area contributed by atoms with Gasteiger partial charge in [0.15, 0.2) is 0 Å². The highest BCUT2D eigenvalue weighted by molar-refractivity contribution is 5.95. The maximum absolute atomic E-state index is 13.1. The highest BCUT2D eigenvalue weighted by Crippen LogP contribution is 2.43. The summed E-state index contributed by atoms with van der Waals surface area (Å²) in [7, 11) is 4.11. The van der Waals surface area contributed by atoms with Crippen molar-refractivity contribution in [2.24, 2.45) is 11.3 Å². The van der Waals surface area contributed by atoms with Gasteiger partial charge in [-0.05, 0) is 44.8 Å². The van der Waals surface area contributed by atoms with Gasteiger partial charge in [0.05, 0.1) is 0 Å². The number of nitrogens with zero attached hydrogens (tertiary/aromatic N) is 4. The van der Waals surface area contributed by atoms with Crippen molar-refractivity contribution < 1.29 is 9.59 Å². The standard InChI is InChI=1S/C23H28N4O2/c1-17-8-7-11-24-20(17)22(29)27-13-19-12-26(15-23(19,16-27)14-25(2)3)21(28)18-9-5-4-6-10-18/h4-11,19H,12-16H2,1-3H3/t19-,23+/m1/s1. The first-order valence-electron chi connectivity index (χ1n) is 10.1. The van der Waals surface area contributed by atoms with E-state index in [-0.39, 0.29) is 23.1 Å². The quantitative estimate of drug-likeness (QED) is 0.800. The maximum atomic E-state index is 13.1. The summed E-state index contributed by atoms with van der Waals surface area (Å²) in [6.45, 7) is 5.46. The van der Waals surface area contributed by atoms with Crippen LogP contribution in [-0.4, -0.2) is 78.3 Å². The number of aryl methyl sites for hydroxylation is 1.